The van der Waals surface area contributed by atoms with Crippen LogP contribution < -0.4 is 15.4 Å². The van der Waals surface area contributed by atoms with Gasteiger partial charge in [-0.1, -0.05) is 11.6 Å². The molecule has 13 heteroatoms. The number of halogens is 2. The molecule has 3 aromatic rings. The summed E-state index contributed by atoms with van der Waals surface area (Å²) in [5.41, 5.74) is 1.70. The lowest BCUT2D eigenvalue weighted by atomic mass is 10.0. The SMILES string of the molecule is CCOC(=O)CSCC(=O)N[C@@H](C)C(=O)Cc1cc2c(Nc3ccc(F)c(Cl)c3)ncnc2cc1OCC.S. The van der Waals surface area contributed by atoms with E-state index in [0.717, 1.165) is 11.8 Å². The number of nitrogens with one attached hydrogen (secondary N) is 2. The maximum absolute atomic E-state index is 13.6. The summed E-state index contributed by atoms with van der Waals surface area (Å²) in [5.74, 6) is -0.509. The highest BCUT2D eigenvalue weighted by Crippen LogP contribution is 2.31. The average molecular weight is 597 g/mol. The number of carbonyl (C=O) groups is 3. The molecule has 9 nitrogen and oxygen atoms in total. The summed E-state index contributed by atoms with van der Waals surface area (Å²) >= 11 is 7.02. The minimum absolute atomic E-state index is 0. The van der Waals surface area contributed by atoms with E-state index in [2.05, 4.69) is 20.6 Å². The lowest BCUT2D eigenvalue weighted by Gasteiger charge is -2.16. The maximum Gasteiger partial charge on any atom is 0.315 e. The first-order chi connectivity index (χ1) is 18.2. The number of thioether (sulfide) groups is 1. The number of aromatic nitrogens is 2. The van der Waals surface area contributed by atoms with E-state index in [-0.39, 0.29) is 54.7 Å². The second-order valence-electron chi connectivity index (χ2n) is 8.12. The first kappa shape index (κ1) is 32.1. The Hall–Kier alpha value is -3.09. The van der Waals surface area contributed by atoms with Crippen molar-refractivity contribution in [3.05, 3.63) is 53.1 Å². The molecular formula is C26H30ClFN4O5S2. The van der Waals surface area contributed by atoms with E-state index in [1.807, 2.05) is 6.92 Å². The molecule has 0 spiro atoms. The van der Waals surface area contributed by atoms with Crippen LogP contribution in [-0.4, -0.2) is 58.4 Å². The molecule has 1 amide bonds. The zero-order chi connectivity index (χ0) is 27.7. The molecule has 1 heterocycles. The Kier molecular flexibility index (Phi) is 12.8. The van der Waals surface area contributed by atoms with Crippen LogP contribution in [0.3, 0.4) is 0 Å². The minimum Gasteiger partial charge on any atom is -0.494 e. The largest absolute Gasteiger partial charge is 0.494 e. The van der Waals surface area contributed by atoms with Gasteiger partial charge in [0.1, 0.15) is 23.7 Å². The predicted molar refractivity (Wildman–Crippen MR) is 156 cm³/mol. The molecule has 0 radical (unpaired) electrons. The number of anilines is 2. The smallest absolute Gasteiger partial charge is 0.315 e. The van der Waals surface area contributed by atoms with E-state index >= 15 is 0 Å². The van der Waals surface area contributed by atoms with Crippen molar-refractivity contribution in [2.24, 2.45) is 0 Å². The van der Waals surface area contributed by atoms with Gasteiger partial charge in [0.05, 0.1) is 41.3 Å². The molecule has 2 aromatic carbocycles. The highest BCUT2D eigenvalue weighted by molar-refractivity contribution is 8.00. The molecule has 1 aromatic heterocycles. The number of ether oxygens (including phenoxy) is 2. The van der Waals surface area contributed by atoms with Gasteiger partial charge in [0.15, 0.2) is 5.78 Å². The van der Waals surface area contributed by atoms with Crippen LogP contribution in [0.4, 0.5) is 15.9 Å². The highest BCUT2D eigenvalue weighted by Gasteiger charge is 2.20. The number of fused-ring (bicyclic) bond motifs is 1. The van der Waals surface area contributed by atoms with Crippen LogP contribution in [0, 0.1) is 5.82 Å². The van der Waals surface area contributed by atoms with Gasteiger partial charge in [0.2, 0.25) is 5.91 Å². The van der Waals surface area contributed by atoms with E-state index in [4.69, 9.17) is 21.1 Å². The molecule has 0 unspecified atom stereocenters. The molecule has 0 aliphatic rings. The fourth-order valence-electron chi connectivity index (χ4n) is 3.50. The van der Waals surface area contributed by atoms with E-state index < -0.39 is 17.8 Å². The van der Waals surface area contributed by atoms with Gasteiger partial charge in [0.25, 0.3) is 0 Å². The quantitative estimate of drug-likeness (QED) is 0.273. The topological polar surface area (TPSA) is 120 Å². The van der Waals surface area contributed by atoms with Gasteiger partial charge in [-0.2, -0.15) is 13.5 Å². The number of carbonyl (C=O) groups excluding carboxylic acids is 3. The zero-order valence-corrected chi connectivity index (χ0v) is 24.2. The van der Waals surface area contributed by atoms with Crippen molar-refractivity contribution < 1.29 is 28.2 Å². The number of nitrogens with zero attached hydrogens (tertiary/aromatic N) is 2. The van der Waals surface area contributed by atoms with Gasteiger partial charge in [-0.05, 0) is 45.0 Å². The Morgan fingerprint density at radius 2 is 1.87 bits per heavy atom. The number of esters is 1. The summed E-state index contributed by atoms with van der Waals surface area (Å²) in [5, 5.41) is 6.36. The van der Waals surface area contributed by atoms with E-state index in [0.29, 0.717) is 40.3 Å². The van der Waals surface area contributed by atoms with Gasteiger partial charge in [-0.25, -0.2) is 14.4 Å². The van der Waals surface area contributed by atoms with Crippen LogP contribution in [-0.2, 0) is 25.5 Å². The van der Waals surface area contributed by atoms with Crippen molar-refractivity contribution in [1.29, 1.82) is 0 Å². The van der Waals surface area contributed by atoms with Crippen LogP contribution in [0.25, 0.3) is 10.9 Å². The molecule has 0 aliphatic heterocycles. The van der Waals surface area contributed by atoms with Gasteiger partial charge in [-0.15, -0.1) is 11.8 Å². The third-order valence-corrected chi connectivity index (χ3v) is 6.48. The summed E-state index contributed by atoms with van der Waals surface area (Å²) in [6.45, 7) is 5.80. The van der Waals surface area contributed by atoms with Gasteiger partial charge < -0.3 is 20.1 Å². The van der Waals surface area contributed by atoms with Crippen LogP contribution in [0.1, 0.15) is 26.3 Å². The Balaban J connectivity index is 0.00000533. The number of amides is 1. The molecule has 0 saturated heterocycles. The number of rotatable bonds is 13. The third kappa shape index (κ3) is 9.26. The van der Waals surface area contributed by atoms with Crippen molar-refractivity contribution in [3.8, 4) is 5.75 Å². The number of ketones is 1. The molecule has 210 valence electrons. The monoisotopic (exact) mass is 596 g/mol. The van der Waals surface area contributed by atoms with Gasteiger partial charge in [0, 0.05) is 29.1 Å². The molecule has 0 fully saturated rings. The Bertz CT molecular complexity index is 1330. The van der Waals surface area contributed by atoms with Gasteiger partial charge >= 0.3 is 5.97 Å². The van der Waals surface area contributed by atoms with Crippen molar-refractivity contribution in [2.45, 2.75) is 33.2 Å². The first-order valence-electron chi connectivity index (χ1n) is 11.9. The molecule has 2 N–H and O–H groups in total. The summed E-state index contributed by atoms with van der Waals surface area (Å²) in [6, 6.07) is 6.94. The summed E-state index contributed by atoms with van der Waals surface area (Å²) in [7, 11) is 0. The second-order valence-corrected chi connectivity index (χ2v) is 9.51. The molecule has 39 heavy (non-hydrogen) atoms. The predicted octanol–water partition coefficient (Wildman–Crippen LogP) is 4.59. The molecular weight excluding hydrogens is 567 g/mol. The summed E-state index contributed by atoms with van der Waals surface area (Å²) in [6.07, 6.45) is 1.37. The van der Waals surface area contributed by atoms with Crippen LogP contribution in [0.2, 0.25) is 5.02 Å². The number of hydrogen-bond acceptors (Lipinski definition) is 9. The van der Waals surface area contributed by atoms with Crippen LogP contribution >= 0.6 is 36.9 Å². The third-order valence-electron chi connectivity index (χ3n) is 5.28. The number of benzene rings is 2. The van der Waals surface area contributed by atoms with Crippen molar-refractivity contribution >= 4 is 76.9 Å². The number of hydrogen-bond donors (Lipinski definition) is 2. The Morgan fingerprint density at radius 3 is 2.56 bits per heavy atom. The molecule has 1 atom stereocenters. The normalized spacial score (nSPS) is 11.3. The Morgan fingerprint density at radius 1 is 1.10 bits per heavy atom. The molecule has 0 saturated carbocycles. The summed E-state index contributed by atoms with van der Waals surface area (Å²) in [4.78, 5) is 45.3. The summed E-state index contributed by atoms with van der Waals surface area (Å²) < 4.78 is 24.2. The van der Waals surface area contributed by atoms with Crippen molar-refractivity contribution in [1.82, 2.24) is 15.3 Å². The first-order valence-corrected chi connectivity index (χ1v) is 13.4. The fraction of sp³-hybridized carbons (Fsp3) is 0.346. The highest BCUT2D eigenvalue weighted by atomic mass is 35.5. The van der Waals surface area contributed by atoms with Gasteiger partial charge in [-0.3, -0.25) is 14.4 Å². The van der Waals surface area contributed by atoms with E-state index in [1.165, 1.54) is 24.5 Å². The molecule has 3 rings (SSSR count). The maximum atomic E-state index is 13.6. The van der Waals surface area contributed by atoms with Crippen LogP contribution in [0.15, 0.2) is 36.7 Å². The van der Waals surface area contributed by atoms with Crippen molar-refractivity contribution in [2.75, 3.05) is 30.0 Å². The Labute approximate surface area is 242 Å². The minimum atomic E-state index is -0.762. The second kappa shape index (κ2) is 15.5. The van der Waals surface area contributed by atoms with E-state index in [9.17, 15) is 18.8 Å². The standard InChI is InChI=1S/C26H28ClFN4O5S.H2S/c1-4-36-23-11-21-18(26(30-14-29-21)32-17-6-7-20(28)19(27)10-17)8-16(23)9-22(33)15(3)31-24(34)12-38-13-25(35)37-5-2;/h6-8,10-11,14-15H,4-5,9,12-13H2,1-3H3,(H,31,34)(H,29,30,32);1H2/t15-;/m0./s1. The van der Waals surface area contributed by atoms with Crippen LogP contribution in [0.5, 0.6) is 5.75 Å². The van der Waals surface area contributed by atoms with E-state index in [1.54, 1.807) is 26.0 Å². The molecule has 0 aliphatic carbocycles. The average Bonchev–Trinajstić information content (AvgIpc) is 2.87. The lowest BCUT2D eigenvalue weighted by molar-refractivity contribution is -0.139. The zero-order valence-electron chi connectivity index (χ0n) is 21.7. The van der Waals surface area contributed by atoms with Crippen molar-refractivity contribution in [3.63, 3.8) is 0 Å². The lowest BCUT2D eigenvalue weighted by Crippen LogP contribution is -2.40. The molecule has 0 bridgehead atoms. The fourth-order valence-corrected chi connectivity index (χ4v) is 4.30. The number of Topliss-reactive ketones (excluding diaryl/α,β-unsaturated/α-hetero) is 1.